The lowest BCUT2D eigenvalue weighted by molar-refractivity contribution is -0.131. The zero-order chi connectivity index (χ0) is 14.1. The van der Waals surface area contributed by atoms with Crippen molar-refractivity contribution >= 4 is 5.97 Å². The molecule has 2 nitrogen and oxygen atoms in total. The Hall–Kier alpha value is -1.31. The highest BCUT2D eigenvalue weighted by Gasteiger charge is 2.23. The summed E-state index contributed by atoms with van der Waals surface area (Å²) >= 11 is 0. The first kappa shape index (κ1) is 14.7. The molecule has 0 aromatic heterocycles. The minimum Gasteiger partial charge on any atom is -0.426 e. The van der Waals surface area contributed by atoms with Crippen molar-refractivity contribution in [1.29, 1.82) is 0 Å². The second-order valence-corrected chi connectivity index (χ2v) is 6.80. The quantitative estimate of drug-likeness (QED) is 0.550. The highest BCUT2D eigenvalue weighted by atomic mass is 16.5. The summed E-state index contributed by atoms with van der Waals surface area (Å²) in [6.45, 7) is 14.4. The van der Waals surface area contributed by atoms with E-state index in [0.29, 0.717) is 5.75 Å². The smallest absolute Gasteiger partial charge is 0.308 e. The Labute approximate surface area is 110 Å². The van der Waals surface area contributed by atoms with Gasteiger partial charge < -0.3 is 4.74 Å². The first-order valence-corrected chi connectivity index (χ1v) is 6.35. The third-order valence-corrected chi connectivity index (χ3v) is 2.91. The zero-order valence-electron chi connectivity index (χ0n) is 12.5. The summed E-state index contributed by atoms with van der Waals surface area (Å²) in [5.41, 5.74) is 2.37. The molecule has 0 saturated heterocycles. The molecular weight excluding hydrogens is 224 g/mol. The van der Waals surface area contributed by atoms with Gasteiger partial charge in [0.2, 0.25) is 0 Å². The molecule has 0 aliphatic rings. The minimum absolute atomic E-state index is 0.0496. The monoisotopic (exact) mass is 248 g/mol. The molecule has 0 heterocycles. The fourth-order valence-corrected chi connectivity index (χ4v) is 1.83. The fourth-order valence-electron chi connectivity index (χ4n) is 1.83. The lowest BCUT2D eigenvalue weighted by Crippen LogP contribution is -2.18. The normalized spacial score (nSPS) is 12.4. The van der Waals surface area contributed by atoms with Crippen molar-refractivity contribution < 1.29 is 9.53 Å². The van der Waals surface area contributed by atoms with Crippen LogP contribution in [0, 0.1) is 0 Å². The van der Waals surface area contributed by atoms with Crippen molar-refractivity contribution in [2.45, 2.75) is 59.3 Å². The number of hydrogen-bond donors (Lipinski definition) is 0. The summed E-state index contributed by atoms with van der Waals surface area (Å²) in [5.74, 6) is 0.395. The summed E-state index contributed by atoms with van der Waals surface area (Å²) in [5, 5.41) is 0. The molecule has 0 aliphatic carbocycles. The van der Waals surface area contributed by atoms with Gasteiger partial charge in [0.15, 0.2) is 0 Å². The van der Waals surface area contributed by atoms with Gasteiger partial charge in [-0.25, -0.2) is 0 Å². The summed E-state index contributed by atoms with van der Waals surface area (Å²) in [4.78, 5) is 11.2. The van der Waals surface area contributed by atoms with Gasteiger partial charge in [-0.15, -0.1) is 0 Å². The van der Waals surface area contributed by atoms with Crippen LogP contribution in [0.4, 0.5) is 0 Å². The van der Waals surface area contributed by atoms with Gasteiger partial charge in [0, 0.05) is 12.5 Å². The van der Waals surface area contributed by atoms with Gasteiger partial charge in [0.05, 0.1) is 0 Å². The Kier molecular flexibility index (Phi) is 3.89. The largest absolute Gasteiger partial charge is 0.426 e. The van der Waals surface area contributed by atoms with Crippen molar-refractivity contribution in [3.05, 3.63) is 29.3 Å². The van der Waals surface area contributed by atoms with Crippen molar-refractivity contribution in [2.75, 3.05) is 0 Å². The molecule has 0 radical (unpaired) electrons. The van der Waals surface area contributed by atoms with E-state index >= 15 is 0 Å². The molecule has 1 aromatic rings. The van der Waals surface area contributed by atoms with E-state index in [0.717, 1.165) is 5.56 Å². The third-order valence-electron chi connectivity index (χ3n) is 2.91. The molecule has 0 unspecified atom stereocenters. The van der Waals surface area contributed by atoms with Gasteiger partial charge in [-0.1, -0.05) is 53.7 Å². The van der Waals surface area contributed by atoms with Crippen LogP contribution in [0.25, 0.3) is 0 Å². The maximum absolute atomic E-state index is 11.2. The lowest BCUT2D eigenvalue weighted by atomic mass is 9.80. The Morgan fingerprint density at radius 3 is 1.94 bits per heavy atom. The predicted molar refractivity (Wildman–Crippen MR) is 75.2 cm³/mol. The van der Waals surface area contributed by atoms with Crippen molar-refractivity contribution in [2.24, 2.45) is 0 Å². The number of esters is 1. The topological polar surface area (TPSA) is 26.3 Å². The zero-order valence-corrected chi connectivity index (χ0v) is 12.5. The van der Waals surface area contributed by atoms with E-state index in [1.807, 2.05) is 12.1 Å². The molecule has 0 amide bonds. The number of carbonyl (C=O) groups excluding carboxylic acids is 1. The van der Waals surface area contributed by atoms with Gasteiger partial charge in [0.1, 0.15) is 5.75 Å². The van der Waals surface area contributed by atoms with Crippen molar-refractivity contribution in [3.63, 3.8) is 0 Å². The van der Waals surface area contributed by atoms with E-state index in [4.69, 9.17) is 4.74 Å². The Balaban J connectivity index is 3.34. The highest BCUT2D eigenvalue weighted by Crippen LogP contribution is 2.35. The van der Waals surface area contributed by atoms with Crippen LogP contribution in [0.2, 0.25) is 0 Å². The maximum Gasteiger partial charge on any atom is 0.308 e. The molecule has 0 fully saturated rings. The SMILES string of the molecule is CC(=O)Oc1ccc(C(C)(C)C)cc1C(C)(C)C. The van der Waals surface area contributed by atoms with Gasteiger partial charge >= 0.3 is 5.97 Å². The van der Waals surface area contributed by atoms with Gasteiger partial charge in [-0.2, -0.15) is 0 Å². The summed E-state index contributed by atoms with van der Waals surface area (Å²) in [6, 6.07) is 6.09. The molecule has 1 aromatic carbocycles. The molecule has 1 rings (SSSR count). The second kappa shape index (κ2) is 4.75. The van der Waals surface area contributed by atoms with Crippen LogP contribution in [-0.4, -0.2) is 5.97 Å². The number of rotatable bonds is 1. The lowest BCUT2D eigenvalue weighted by Gasteiger charge is -2.26. The summed E-state index contributed by atoms with van der Waals surface area (Å²) in [7, 11) is 0. The van der Waals surface area contributed by atoms with E-state index in [1.165, 1.54) is 12.5 Å². The van der Waals surface area contributed by atoms with Gasteiger partial charge in [-0.3, -0.25) is 4.79 Å². The fraction of sp³-hybridized carbons (Fsp3) is 0.562. The Bertz CT molecular complexity index is 445. The molecule has 0 atom stereocenters. The van der Waals surface area contributed by atoms with Gasteiger partial charge in [0.25, 0.3) is 0 Å². The minimum atomic E-state index is -0.274. The maximum atomic E-state index is 11.2. The average Bonchev–Trinajstić information content (AvgIpc) is 2.13. The molecule has 0 aliphatic heterocycles. The number of hydrogen-bond acceptors (Lipinski definition) is 2. The number of carbonyl (C=O) groups is 1. The Morgan fingerprint density at radius 2 is 1.56 bits per heavy atom. The molecule has 0 bridgehead atoms. The molecule has 100 valence electrons. The highest BCUT2D eigenvalue weighted by molar-refractivity contribution is 5.70. The predicted octanol–water partition coefficient (Wildman–Crippen LogP) is 4.21. The third kappa shape index (κ3) is 3.59. The van der Waals surface area contributed by atoms with Crippen molar-refractivity contribution in [1.82, 2.24) is 0 Å². The molecular formula is C16H24O2. The van der Waals surface area contributed by atoms with Gasteiger partial charge in [-0.05, 0) is 22.5 Å². The summed E-state index contributed by atoms with van der Waals surface area (Å²) in [6.07, 6.45) is 0. The van der Waals surface area contributed by atoms with Crippen LogP contribution in [0.3, 0.4) is 0 Å². The number of ether oxygens (including phenoxy) is 1. The standard InChI is InChI=1S/C16H24O2/c1-11(17)18-14-9-8-12(15(2,3)4)10-13(14)16(5,6)7/h8-10H,1-7H3. The van der Waals surface area contributed by atoms with Crippen LogP contribution in [0.15, 0.2) is 18.2 Å². The van der Waals surface area contributed by atoms with Crippen LogP contribution in [-0.2, 0) is 15.6 Å². The average molecular weight is 248 g/mol. The molecule has 0 N–H and O–H groups in total. The first-order valence-electron chi connectivity index (χ1n) is 6.35. The van der Waals surface area contributed by atoms with E-state index in [2.05, 4.69) is 47.6 Å². The molecule has 0 saturated carbocycles. The molecule has 18 heavy (non-hydrogen) atoms. The second-order valence-electron chi connectivity index (χ2n) is 6.80. The van der Waals surface area contributed by atoms with Crippen LogP contribution in [0.1, 0.15) is 59.6 Å². The number of benzene rings is 1. The molecule has 2 heteroatoms. The van der Waals surface area contributed by atoms with E-state index < -0.39 is 0 Å². The molecule has 0 spiro atoms. The van der Waals surface area contributed by atoms with Crippen LogP contribution in [0.5, 0.6) is 5.75 Å². The summed E-state index contributed by atoms with van der Waals surface area (Å²) < 4.78 is 5.30. The Morgan fingerprint density at radius 1 is 1.00 bits per heavy atom. The van der Waals surface area contributed by atoms with Crippen molar-refractivity contribution in [3.8, 4) is 5.75 Å². The van der Waals surface area contributed by atoms with Crippen LogP contribution >= 0.6 is 0 Å². The van der Waals surface area contributed by atoms with E-state index in [-0.39, 0.29) is 16.8 Å². The first-order chi connectivity index (χ1) is 8.01. The van der Waals surface area contributed by atoms with E-state index in [1.54, 1.807) is 0 Å². The van der Waals surface area contributed by atoms with Crippen LogP contribution < -0.4 is 4.74 Å². The van der Waals surface area contributed by atoms with E-state index in [9.17, 15) is 4.79 Å².